The van der Waals surface area contributed by atoms with E-state index in [0.717, 1.165) is 0 Å². The molecule has 0 radical (unpaired) electrons. The van der Waals surface area contributed by atoms with Gasteiger partial charge in [-0.2, -0.15) is 14.6 Å². The van der Waals surface area contributed by atoms with Crippen LogP contribution in [0.2, 0.25) is 0 Å². The second-order valence-electron chi connectivity index (χ2n) is 4.64. The highest BCUT2D eigenvalue weighted by molar-refractivity contribution is 7.92. The molecule has 1 N–H and O–H groups in total. The molecule has 9 heteroatoms. The van der Waals surface area contributed by atoms with E-state index in [1.807, 2.05) is 0 Å². The average molecular weight is 307 g/mol. The van der Waals surface area contributed by atoms with E-state index in [2.05, 4.69) is 19.8 Å². The summed E-state index contributed by atoms with van der Waals surface area (Å²) in [6.45, 7) is 5.04. The Balaban J connectivity index is 2.09. The quantitative estimate of drug-likeness (QED) is 0.785. The Morgan fingerprint density at radius 3 is 2.67 bits per heavy atom. The topological polar surface area (TPSA) is 102 Å². The van der Waals surface area contributed by atoms with E-state index in [1.54, 1.807) is 26.8 Å². The maximum Gasteiger partial charge on any atom is 0.266 e. The minimum atomic E-state index is -3.77. The number of nitrogens with one attached hydrogen (secondary N) is 1. The first-order chi connectivity index (χ1) is 9.87. The van der Waals surface area contributed by atoms with E-state index in [-0.39, 0.29) is 10.7 Å². The van der Waals surface area contributed by atoms with Crippen LogP contribution >= 0.6 is 0 Å². The zero-order chi connectivity index (χ0) is 15.2. The molecule has 110 valence electrons. The lowest BCUT2D eigenvalue weighted by Gasteiger charge is -2.08. The largest absolute Gasteiger partial charge is 0.465 e. The van der Waals surface area contributed by atoms with Gasteiger partial charge in [0, 0.05) is 17.8 Å². The first-order valence-corrected chi connectivity index (χ1v) is 7.62. The second-order valence-corrected chi connectivity index (χ2v) is 6.29. The molecule has 0 amide bonds. The molecular formula is C12H13N5O3S. The zero-order valence-corrected chi connectivity index (χ0v) is 12.5. The SMILES string of the molecule is Cc1cc(NS(=O)(=O)c2cc(C)oc2C)n2ncnc2n1. The number of nitrogens with zero attached hydrogens (tertiary/aromatic N) is 4. The minimum absolute atomic E-state index is 0.0998. The van der Waals surface area contributed by atoms with Gasteiger partial charge in [0.15, 0.2) is 0 Å². The first kappa shape index (κ1) is 13.6. The molecule has 0 saturated heterocycles. The van der Waals surface area contributed by atoms with Crippen molar-refractivity contribution in [1.82, 2.24) is 19.6 Å². The molecule has 0 aromatic carbocycles. The van der Waals surface area contributed by atoms with Crippen LogP contribution in [-0.4, -0.2) is 28.0 Å². The number of fused-ring (bicyclic) bond motifs is 1. The average Bonchev–Trinajstić information content (AvgIpc) is 2.95. The summed E-state index contributed by atoms with van der Waals surface area (Å²) in [5.74, 6) is 1.46. The number of anilines is 1. The summed E-state index contributed by atoms with van der Waals surface area (Å²) in [6.07, 6.45) is 1.31. The molecule has 21 heavy (non-hydrogen) atoms. The molecule has 8 nitrogen and oxygen atoms in total. The third-order valence-electron chi connectivity index (χ3n) is 2.90. The number of hydrogen-bond acceptors (Lipinski definition) is 6. The molecule has 3 aromatic rings. The molecule has 0 atom stereocenters. The van der Waals surface area contributed by atoms with Crippen LogP contribution in [0.3, 0.4) is 0 Å². The van der Waals surface area contributed by atoms with Gasteiger partial charge in [-0.15, -0.1) is 0 Å². The smallest absolute Gasteiger partial charge is 0.266 e. The number of sulfonamides is 1. The lowest BCUT2D eigenvalue weighted by molar-refractivity contribution is 0.496. The Kier molecular flexibility index (Phi) is 2.94. The molecule has 0 fully saturated rings. The van der Waals surface area contributed by atoms with E-state index in [1.165, 1.54) is 16.9 Å². The number of hydrogen-bond donors (Lipinski definition) is 1. The van der Waals surface area contributed by atoms with Crippen LogP contribution in [0, 0.1) is 20.8 Å². The lowest BCUT2D eigenvalue weighted by Crippen LogP contribution is -2.16. The fourth-order valence-electron chi connectivity index (χ4n) is 2.07. The van der Waals surface area contributed by atoms with E-state index >= 15 is 0 Å². The van der Waals surface area contributed by atoms with Crippen LogP contribution < -0.4 is 4.72 Å². The first-order valence-electron chi connectivity index (χ1n) is 6.14. The van der Waals surface area contributed by atoms with Gasteiger partial charge in [-0.05, 0) is 20.8 Å². The fraction of sp³-hybridized carbons (Fsp3) is 0.250. The fourth-order valence-corrected chi connectivity index (χ4v) is 3.34. The molecule has 3 heterocycles. The van der Waals surface area contributed by atoms with Crippen LogP contribution in [0.5, 0.6) is 0 Å². The van der Waals surface area contributed by atoms with Gasteiger partial charge >= 0.3 is 0 Å². The monoisotopic (exact) mass is 307 g/mol. The number of furan rings is 1. The van der Waals surface area contributed by atoms with Gasteiger partial charge in [-0.3, -0.25) is 4.72 Å². The van der Waals surface area contributed by atoms with Crippen LogP contribution in [0.4, 0.5) is 5.82 Å². The van der Waals surface area contributed by atoms with E-state index in [9.17, 15) is 8.42 Å². The Morgan fingerprint density at radius 1 is 1.24 bits per heavy atom. The standard InChI is InChI=1S/C12H13N5O3S/c1-7-4-11(17-12(15-7)13-6-14-17)16-21(18,19)10-5-8(2)20-9(10)3/h4-6,16H,1-3H3. The highest BCUT2D eigenvalue weighted by Crippen LogP contribution is 2.22. The minimum Gasteiger partial charge on any atom is -0.465 e. The van der Waals surface area contributed by atoms with E-state index in [4.69, 9.17) is 4.42 Å². The molecule has 0 spiro atoms. The van der Waals surface area contributed by atoms with Crippen molar-refractivity contribution in [2.45, 2.75) is 25.7 Å². The van der Waals surface area contributed by atoms with E-state index in [0.29, 0.717) is 23.0 Å². The number of aryl methyl sites for hydroxylation is 3. The van der Waals surface area contributed by atoms with Crippen LogP contribution in [0.25, 0.3) is 5.78 Å². The molecule has 0 unspecified atom stereocenters. The van der Waals surface area contributed by atoms with Gasteiger partial charge in [0.05, 0.1) is 0 Å². The van der Waals surface area contributed by atoms with Crippen molar-refractivity contribution in [3.63, 3.8) is 0 Å². The van der Waals surface area contributed by atoms with Crippen molar-refractivity contribution in [1.29, 1.82) is 0 Å². The summed E-state index contributed by atoms with van der Waals surface area (Å²) >= 11 is 0. The summed E-state index contributed by atoms with van der Waals surface area (Å²) in [6, 6.07) is 3.06. The van der Waals surface area contributed by atoms with Crippen molar-refractivity contribution in [3.05, 3.63) is 35.7 Å². The molecule has 0 saturated carbocycles. The number of rotatable bonds is 3. The summed E-state index contributed by atoms with van der Waals surface area (Å²) in [7, 11) is -3.77. The Hall–Kier alpha value is -2.42. The van der Waals surface area contributed by atoms with Crippen molar-refractivity contribution < 1.29 is 12.8 Å². The molecule has 3 aromatic heterocycles. The molecule has 0 aliphatic rings. The third kappa shape index (κ3) is 2.35. The van der Waals surface area contributed by atoms with Gasteiger partial charge in [-0.25, -0.2) is 13.4 Å². The molecule has 0 aliphatic carbocycles. The van der Waals surface area contributed by atoms with Gasteiger partial charge in [0.1, 0.15) is 28.6 Å². The maximum absolute atomic E-state index is 12.5. The van der Waals surface area contributed by atoms with Crippen molar-refractivity contribution in [2.75, 3.05) is 4.72 Å². The predicted octanol–water partition coefficient (Wildman–Crippen LogP) is 1.44. The van der Waals surface area contributed by atoms with Gasteiger partial charge < -0.3 is 4.42 Å². The van der Waals surface area contributed by atoms with Crippen LogP contribution in [0.1, 0.15) is 17.2 Å². The summed E-state index contributed by atoms with van der Waals surface area (Å²) in [4.78, 5) is 8.21. The molecular weight excluding hydrogens is 294 g/mol. The third-order valence-corrected chi connectivity index (χ3v) is 4.37. The zero-order valence-electron chi connectivity index (χ0n) is 11.7. The molecule has 3 rings (SSSR count). The van der Waals surface area contributed by atoms with Crippen LogP contribution in [-0.2, 0) is 10.0 Å². The normalized spacial score (nSPS) is 12.0. The Labute approximate surface area is 120 Å². The lowest BCUT2D eigenvalue weighted by atomic mass is 10.4. The Morgan fingerprint density at radius 2 is 2.00 bits per heavy atom. The van der Waals surface area contributed by atoms with Crippen molar-refractivity contribution >= 4 is 21.6 Å². The number of aromatic nitrogens is 4. The summed E-state index contributed by atoms with van der Waals surface area (Å²) in [5.41, 5.74) is 0.633. The van der Waals surface area contributed by atoms with Crippen molar-refractivity contribution in [2.24, 2.45) is 0 Å². The predicted molar refractivity (Wildman–Crippen MR) is 74.5 cm³/mol. The van der Waals surface area contributed by atoms with Gasteiger partial charge in [-0.1, -0.05) is 0 Å². The van der Waals surface area contributed by atoms with Crippen molar-refractivity contribution in [3.8, 4) is 0 Å². The highest BCUT2D eigenvalue weighted by atomic mass is 32.2. The van der Waals surface area contributed by atoms with E-state index < -0.39 is 10.0 Å². The second kappa shape index (κ2) is 4.55. The molecule has 0 bridgehead atoms. The summed E-state index contributed by atoms with van der Waals surface area (Å²) in [5, 5.41) is 3.96. The highest BCUT2D eigenvalue weighted by Gasteiger charge is 2.22. The molecule has 0 aliphatic heterocycles. The Bertz CT molecular complexity index is 926. The summed E-state index contributed by atoms with van der Waals surface area (Å²) < 4.78 is 34.0. The maximum atomic E-state index is 12.5. The van der Waals surface area contributed by atoms with Gasteiger partial charge in [0.25, 0.3) is 15.8 Å². The van der Waals surface area contributed by atoms with Crippen LogP contribution in [0.15, 0.2) is 27.8 Å². The van der Waals surface area contributed by atoms with Gasteiger partial charge in [0.2, 0.25) is 0 Å².